The summed E-state index contributed by atoms with van der Waals surface area (Å²) in [4.78, 5) is 44.6. The Bertz CT molecular complexity index is 1370. The molecule has 8 nitrogen and oxygen atoms in total. The summed E-state index contributed by atoms with van der Waals surface area (Å²) in [7, 11) is 1.73. The van der Waals surface area contributed by atoms with E-state index >= 15 is 0 Å². The van der Waals surface area contributed by atoms with E-state index in [0.717, 1.165) is 35.1 Å². The Morgan fingerprint density at radius 2 is 1.53 bits per heavy atom. The molecule has 45 heavy (non-hydrogen) atoms. The second kappa shape index (κ2) is 16.9. The molecule has 4 N–H and O–H groups in total. The van der Waals surface area contributed by atoms with Gasteiger partial charge in [-0.05, 0) is 76.1 Å². The number of carbonyl (C=O) groups is 3. The molecule has 3 amide bonds. The molecular weight excluding hydrogens is 562 g/mol. The summed E-state index contributed by atoms with van der Waals surface area (Å²) < 4.78 is 0. The molecule has 1 aliphatic heterocycles. The van der Waals surface area contributed by atoms with Crippen LogP contribution in [0.25, 0.3) is 0 Å². The largest absolute Gasteiger partial charge is 0.343 e. The standard InChI is InChI=1S/C37H49N5O3/c1-27-16-18-31(19-17-27)25-33(38)36(44)41(24-22-30-13-8-5-9-14-30)26-32-15-10-23-42(32)37(45)34(40-35(43)28(2)39-3)21-20-29-11-6-4-7-12-29/h4-9,11-14,16-19,28,32-34,39H,10,15,20-26,38H2,1-3H3,(H,40,43)/t28-,32-,33+,34-/m0/s1. The summed E-state index contributed by atoms with van der Waals surface area (Å²) in [5.74, 6) is -0.409. The van der Waals surface area contributed by atoms with Gasteiger partial charge in [0.05, 0.1) is 12.1 Å². The van der Waals surface area contributed by atoms with Gasteiger partial charge in [0.25, 0.3) is 0 Å². The molecular formula is C37H49N5O3. The minimum Gasteiger partial charge on any atom is -0.343 e. The van der Waals surface area contributed by atoms with E-state index < -0.39 is 18.1 Å². The third-order valence-corrected chi connectivity index (χ3v) is 8.82. The molecule has 3 aromatic carbocycles. The highest BCUT2D eigenvalue weighted by Crippen LogP contribution is 2.22. The summed E-state index contributed by atoms with van der Waals surface area (Å²) >= 11 is 0. The molecule has 0 saturated carbocycles. The van der Waals surface area contributed by atoms with Crippen LogP contribution in [-0.4, -0.2) is 78.4 Å². The molecule has 4 atom stereocenters. The van der Waals surface area contributed by atoms with Crippen LogP contribution in [0.3, 0.4) is 0 Å². The Morgan fingerprint density at radius 1 is 0.911 bits per heavy atom. The Hall–Kier alpha value is -4.01. The topological polar surface area (TPSA) is 108 Å². The number of amides is 3. The fourth-order valence-corrected chi connectivity index (χ4v) is 5.91. The maximum Gasteiger partial charge on any atom is 0.245 e. The molecule has 240 valence electrons. The number of carbonyl (C=O) groups excluding carboxylic acids is 3. The number of hydrogen-bond acceptors (Lipinski definition) is 5. The quantitative estimate of drug-likeness (QED) is 0.243. The van der Waals surface area contributed by atoms with Crippen molar-refractivity contribution >= 4 is 17.7 Å². The van der Waals surface area contributed by atoms with Gasteiger partial charge in [-0.3, -0.25) is 14.4 Å². The molecule has 1 fully saturated rings. The lowest BCUT2D eigenvalue weighted by atomic mass is 10.0. The van der Waals surface area contributed by atoms with Crippen LogP contribution in [0.2, 0.25) is 0 Å². The first-order valence-electron chi connectivity index (χ1n) is 16.2. The summed E-state index contributed by atoms with van der Waals surface area (Å²) in [5.41, 5.74) is 11.0. The zero-order valence-corrected chi connectivity index (χ0v) is 27.0. The lowest BCUT2D eigenvalue weighted by Gasteiger charge is -2.34. The third-order valence-electron chi connectivity index (χ3n) is 8.82. The molecule has 1 heterocycles. The van der Waals surface area contributed by atoms with Gasteiger partial charge >= 0.3 is 0 Å². The lowest BCUT2D eigenvalue weighted by Crippen LogP contribution is -2.56. The fourth-order valence-electron chi connectivity index (χ4n) is 5.91. The van der Waals surface area contributed by atoms with Crippen molar-refractivity contribution in [1.82, 2.24) is 20.4 Å². The second-order valence-electron chi connectivity index (χ2n) is 12.2. The molecule has 0 aromatic heterocycles. The van der Waals surface area contributed by atoms with Crippen LogP contribution in [0.15, 0.2) is 84.9 Å². The smallest absolute Gasteiger partial charge is 0.245 e. The van der Waals surface area contributed by atoms with Gasteiger partial charge in [-0.25, -0.2) is 0 Å². The predicted octanol–water partition coefficient (Wildman–Crippen LogP) is 3.65. The van der Waals surface area contributed by atoms with Crippen molar-refractivity contribution in [2.24, 2.45) is 5.73 Å². The van der Waals surface area contributed by atoms with Crippen molar-refractivity contribution < 1.29 is 14.4 Å². The molecule has 3 aromatic rings. The number of benzene rings is 3. The van der Waals surface area contributed by atoms with Crippen molar-refractivity contribution in [1.29, 1.82) is 0 Å². The van der Waals surface area contributed by atoms with Gasteiger partial charge in [-0.15, -0.1) is 0 Å². The Kier molecular flexibility index (Phi) is 12.7. The number of aryl methyl sites for hydroxylation is 2. The van der Waals surface area contributed by atoms with Gasteiger partial charge in [-0.2, -0.15) is 0 Å². The van der Waals surface area contributed by atoms with Crippen molar-refractivity contribution in [2.45, 2.75) is 76.5 Å². The Morgan fingerprint density at radius 3 is 2.16 bits per heavy atom. The monoisotopic (exact) mass is 611 g/mol. The highest BCUT2D eigenvalue weighted by molar-refractivity contribution is 5.90. The summed E-state index contributed by atoms with van der Waals surface area (Å²) in [6.45, 7) is 5.33. The number of nitrogens with zero attached hydrogens (tertiary/aromatic N) is 2. The summed E-state index contributed by atoms with van der Waals surface area (Å²) in [6, 6.07) is 26.3. The first-order valence-corrected chi connectivity index (χ1v) is 16.2. The number of likely N-dealkylation sites (N-methyl/N-ethyl adjacent to an activating group) is 1. The van der Waals surface area contributed by atoms with E-state index in [1.54, 1.807) is 14.0 Å². The van der Waals surface area contributed by atoms with E-state index in [-0.39, 0.29) is 23.8 Å². The number of nitrogens with one attached hydrogen (secondary N) is 2. The van der Waals surface area contributed by atoms with E-state index in [9.17, 15) is 14.4 Å². The Balaban J connectivity index is 1.50. The van der Waals surface area contributed by atoms with E-state index in [0.29, 0.717) is 45.3 Å². The van der Waals surface area contributed by atoms with Gasteiger partial charge in [-0.1, -0.05) is 90.5 Å². The Labute approximate surface area is 268 Å². The van der Waals surface area contributed by atoms with Crippen LogP contribution >= 0.6 is 0 Å². The number of likely N-dealkylation sites (tertiary alicyclic amines) is 1. The predicted molar refractivity (Wildman–Crippen MR) is 180 cm³/mol. The minimum atomic E-state index is -0.685. The fraction of sp³-hybridized carbons (Fsp3) is 0.432. The summed E-state index contributed by atoms with van der Waals surface area (Å²) in [5, 5.41) is 5.98. The molecule has 1 saturated heterocycles. The SMILES string of the molecule is CN[C@@H](C)C(=O)N[C@@H](CCc1ccccc1)C(=O)N1CCC[C@H]1CN(CCc1ccccc1)C(=O)[C@H](N)Cc1ccc(C)cc1. The van der Waals surface area contributed by atoms with E-state index in [1.807, 2.05) is 89.5 Å². The van der Waals surface area contributed by atoms with Gasteiger partial charge in [0.1, 0.15) is 6.04 Å². The van der Waals surface area contributed by atoms with Gasteiger partial charge in [0, 0.05) is 25.7 Å². The zero-order chi connectivity index (χ0) is 32.2. The van der Waals surface area contributed by atoms with Crippen LogP contribution in [0.1, 0.15) is 48.4 Å². The highest BCUT2D eigenvalue weighted by Gasteiger charge is 2.36. The highest BCUT2D eigenvalue weighted by atomic mass is 16.2. The van der Waals surface area contributed by atoms with Gasteiger partial charge in [0.2, 0.25) is 17.7 Å². The second-order valence-corrected chi connectivity index (χ2v) is 12.2. The van der Waals surface area contributed by atoms with Crippen LogP contribution in [0.5, 0.6) is 0 Å². The zero-order valence-electron chi connectivity index (χ0n) is 27.0. The molecule has 1 aliphatic rings. The van der Waals surface area contributed by atoms with Crippen molar-refractivity contribution in [3.8, 4) is 0 Å². The van der Waals surface area contributed by atoms with Crippen molar-refractivity contribution in [3.05, 3.63) is 107 Å². The number of hydrogen-bond donors (Lipinski definition) is 3. The molecule has 0 aliphatic carbocycles. The average Bonchev–Trinajstić information content (AvgIpc) is 3.53. The average molecular weight is 612 g/mol. The maximum atomic E-state index is 14.1. The molecule has 0 unspecified atom stereocenters. The van der Waals surface area contributed by atoms with Crippen LogP contribution in [-0.2, 0) is 33.6 Å². The molecule has 0 spiro atoms. The van der Waals surface area contributed by atoms with Gasteiger partial charge < -0.3 is 26.2 Å². The van der Waals surface area contributed by atoms with Crippen LogP contribution in [0, 0.1) is 6.92 Å². The maximum absolute atomic E-state index is 14.1. The first kappa shape index (κ1) is 33.9. The molecule has 0 radical (unpaired) electrons. The lowest BCUT2D eigenvalue weighted by molar-refractivity contribution is -0.140. The number of nitrogens with two attached hydrogens (primary N) is 1. The van der Waals surface area contributed by atoms with Crippen LogP contribution in [0.4, 0.5) is 0 Å². The minimum absolute atomic E-state index is 0.0931. The molecule has 8 heteroatoms. The van der Waals surface area contributed by atoms with E-state index in [1.165, 1.54) is 0 Å². The molecule has 4 rings (SSSR count). The van der Waals surface area contributed by atoms with E-state index in [4.69, 9.17) is 5.73 Å². The van der Waals surface area contributed by atoms with Gasteiger partial charge in [0.15, 0.2) is 0 Å². The van der Waals surface area contributed by atoms with Crippen molar-refractivity contribution in [2.75, 3.05) is 26.7 Å². The first-order chi connectivity index (χ1) is 21.7. The molecule has 0 bridgehead atoms. The number of rotatable bonds is 15. The normalized spacial score (nSPS) is 16.5. The van der Waals surface area contributed by atoms with Crippen LogP contribution < -0.4 is 16.4 Å². The summed E-state index contributed by atoms with van der Waals surface area (Å²) in [6.07, 6.45) is 3.94. The third kappa shape index (κ3) is 9.99. The van der Waals surface area contributed by atoms with Crippen molar-refractivity contribution in [3.63, 3.8) is 0 Å². The van der Waals surface area contributed by atoms with E-state index in [2.05, 4.69) is 22.8 Å².